The average Bonchev–Trinajstić information content (AvgIpc) is 3.13. The Morgan fingerprint density at radius 2 is 0.519 bits per heavy atom. The van der Waals surface area contributed by atoms with Crippen molar-refractivity contribution in [1.82, 2.24) is 0 Å². The van der Waals surface area contributed by atoms with E-state index in [1.54, 1.807) is 0 Å². The second-order valence-electron chi connectivity index (χ2n) is 17.6. The van der Waals surface area contributed by atoms with Crippen LogP contribution in [0.3, 0.4) is 0 Å². The van der Waals surface area contributed by atoms with Crippen molar-refractivity contribution in [3.05, 3.63) is 0 Å². The van der Waals surface area contributed by atoms with Crippen LogP contribution in [0.5, 0.6) is 0 Å². The van der Waals surface area contributed by atoms with Crippen LogP contribution in [0.4, 0.5) is 0 Å². The minimum atomic E-state index is -0.380. The first kappa shape index (κ1) is 53.7. The van der Waals surface area contributed by atoms with Crippen LogP contribution in [-0.4, -0.2) is 14.7 Å². The first-order chi connectivity index (χ1) is 25.1. The lowest BCUT2D eigenvalue weighted by molar-refractivity contribution is 0.325. The molecule has 314 valence electrons. The molecule has 0 saturated heterocycles. The summed E-state index contributed by atoms with van der Waals surface area (Å²) < 4.78 is 0. The predicted molar refractivity (Wildman–Crippen MR) is 258 cm³/mol. The number of unbranched alkanes of at least 4 members (excludes halogenated alkanes) is 18. The summed E-state index contributed by atoms with van der Waals surface area (Å²) in [5.41, 5.74) is 0. The minimum Gasteiger partial charge on any atom is -0.126 e. The van der Waals surface area contributed by atoms with Gasteiger partial charge in [-0.05, 0) is 56.3 Å². The van der Waals surface area contributed by atoms with Crippen LogP contribution in [0.15, 0.2) is 0 Å². The molecule has 0 aliphatic rings. The molecule has 0 spiro atoms. The maximum atomic E-state index is 3.91. The van der Waals surface area contributed by atoms with Crippen molar-refractivity contribution in [2.24, 2.45) is 17.8 Å². The van der Waals surface area contributed by atoms with Gasteiger partial charge in [-0.25, -0.2) is 0 Å². The van der Waals surface area contributed by atoms with Gasteiger partial charge in [-0.15, -0.1) is 27.7 Å². The lowest BCUT2D eigenvalue weighted by Crippen LogP contribution is -2.49. The molecule has 9 atom stereocenters. The van der Waals surface area contributed by atoms with E-state index in [0.29, 0.717) is 14.7 Å². The molecule has 4 heteroatoms. The molecule has 0 amide bonds. The molecule has 0 aliphatic carbocycles. The molecule has 0 saturated carbocycles. The van der Waals surface area contributed by atoms with Gasteiger partial charge in [0.05, 0.1) is 0 Å². The predicted octanol–water partition coefficient (Wildman–Crippen LogP) is 19.1. The maximum Gasteiger partial charge on any atom is 0.00935 e. The molecule has 0 aliphatic heterocycles. The number of hydrogen-bond acceptors (Lipinski definition) is 0. The lowest BCUT2D eigenvalue weighted by Gasteiger charge is -2.63. The molecular weight excluding hydrogens is 700 g/mol. The van der Waals surface area contributed by atoms with Gasteiger partial charge in [0, 0.05) is 14.7 Å². The molecule has 0 fully saturated rings. The molecule has 0 aromatic carbocycles. The van der Waals surface area contributed by atoms with E-state index in [1.165, 1.54) is 212 Å². The summed E-state index contributed by atoms with van der Waals surface area (Å²) in [6.45, 7) is 22.2. The SMILES string of the molecule is CCCCCCC(CC)C(P)(CCCCCC)P(C(P)(CCCCCC)C(CC)CCCCCC)C(P)(CCCCCC)C(CC)CCCCCC. The third-order valence-corrected chi connectivity index (χ3v) is 22.2. The Hall–Kier alpha value is 1.72. The molecule has 9 unspecified atom stereocenters. The van der Waals surface area contributed by atoms with E-state index < -0.39 is 0 Å². The van der Waals surface area contributed by atoms with E-state index in [0.717, 1.165) is 17.8 Å². The summed E-state index contributed by atoms with van der Waals surface area (Å²) in [5, 5.41) is 0. The Bertz CT molecular complexity index is 674. The molecule has 0 rings (SSSR count). The van der Waals surface area contributed by atoms with Gasteiger partial charge in [-0.3, -0.25) is 0 Å². The highest BCUT2D eigenvalue weighted by Gasteiger charge is 2.59. The summed E-state index contributed by atoms with van der Waals surface area (Å²) in [6, 6.07) is 0. The second kappa shape index (κ2) is 33.7. The standard InChI is InChI=1S/C48H102P4/c1-10-19-25-31-37-43(16-7)46(49,40-34-28-22-13-4)52(47(50,41-35-29-23-14-5)44(17-8)38-32-26-20-11-2)48(51,42-36-30-24-15-6)45(18-9)39-33-27-21-12-3/h43-45H,10-42,49-51H2,1-9H3. The third kappa shape index (κ3) is 19.4. The normalized spacial score (nSPS) is 18.0. The summed E-state index contributed by atoms with van der Waals surface area (Å²) in [7, 11) is 11.4. The van der Waals surface area contributed by atoms with E-state index in [-0.39, 0.29) is 7.92 Å². The smallest absolute Gasteiger partial charge is 0.00935 e. The summed E-state index contributed by atoms with van der Waals surface area (Å²) in [4.78, 5) is 0.990. The highest BCUT2D eigenvalue weighted by molar-refractivity contribution is 7.78. The molecule has 0 bridgehead atoms. The lowest BCUT2D eigenvalue weighted by atomic mass is 9.89. The van der Waals surface area contributed by atoms with E-state index in [1.807, 2.05) is 0 Å². The van der Waals surface area contributed by atoms with Crippen molar-refractivity contribution in [3.63, 3.8) is 0 Å². The zero-order valence-electron chi connectivity index (χ0n) is 37.7. The van der Waals surface area contributed by atoms with Crippen LogP contribution in [0.2, 0.25) is 0 Å². The van der Waals surface area contributed by atoms with Crippen molar-refractivity contribution < 1.29 is 0 Å². The maximum absolute atomic E-state index is 3.91. The van der Waals surface area contributed by atoms with Gasteiger partial charge in [0.1, 0.15) is 0 Å². The van der Waals surface area contributed by atoms with Crippen LogP contribution in [-0.2, 0) is 0 Å². The van der Waals surface area contributed by atoms with Crippen molar-refractivity contribution in [3.8, 4) is 0 Å². The molecule has 0 N–H and O–H groups in total. The summed E-state index contributed by atoms with van der Waals surface area (Å²) >= 11 is 0. The van der Waals surface area contributed by atoms with Gasteiger partial charge in [0.15, 0.2) is 0 Å². The quantitative estimate of drug-likeness (QED) is 0.0429. The Morgan fingerprint density at radius 1 is 0.308 bits per heavy atom. The fourth-order valence-electron chi connectivity index (χ4n) is 10.0. The molecule has 0 aromatic heterocycles. The fourth-order valence-corrected chi connectivity index (χ4v) is 23.0. The van der Waals surface area contributed by atoms with Crippen molar-refractivity contribution in [2.75, 3.05) is 0 Å². The Labute approximate surface area is 340 Å². The summed E-state index contributed by atoms with van der Waals surface area (Å²) in [5.74, 6) is 2.43. The molecule has 0 aromatic rings. The molecule has 0 heterocycles. The number of rotatable bonds is 39. The first-order valence-electron chi connectivity index (χ1n) is 24.3. The topological polar surface area (TPSA) is 0 Å². The number of hydrogen-bond donors (Lipinski definition) is 0. The van der Waals surface area contributed by atoms with Crippen LogP contribution in [0.25, 0.3) is 0 Å². The van der Waals surface area contributed by atoms with Gasteiger partial charge in [0.2, 0.25) is 0 Å². The van der Waals surface area contributed by atoms with Crippen molar-refractivity contribution in [1.29, 1.82) is 0 Å². The second-order valence-corrected chi connectivity index (χ2v) is 25.3. The minimum absolute atomic E-state index is 0.330. The molecule has 52 heavy (non-hydrogen) atoms. The summed E-state index contributed by atoms with van der Waals surface area (Å²) in [6.07, 6.45) is 46.3. The fraction of sp³-hybridized carbons (Fsp3) is 1.00. The van der Waals surface area contributed by atoms with Crippen molar-refractivity contribution in [2.45, 2.75) is 289 Å². The van der Waals surface area contributed by atoms with E-state index >= 15 is 0 Å². The van der Waals surface area contributed by atoms with E-state index in [9.17, 15) is 0 Å². The highest BCUT2D eigenvalue weighted by Crippen LogP contribution is 2.83. The van der Waals surface area contributed by atoms with E-state index in [2.05, 4.69) is 90.0 Å². The van der Waals surface area contributed by atoms with Gasteiger partial charge >= 0.3 is 0 Å². The van der Waals surface area contributed by atoms with Crippen LogP contribution >= 0.6 is 35.6 Å². The Morgan fingerprint density at radius 3 is 0.712 bits per heavy atom. The van der Waals surface area contributed by atoms with Crippen LogP contribution in [0.1, 0.15) is 274 Å². The van der Waals surface area contributed by atoms with E-state index in [4.69, 9.17) is 0 Å². The highest BCUT2D eigenvalue weighted by atomic mass is 31.2. The zero-order chi connectivity index (χ0) is 39.1. The largest absolute Gasteiger partial charge is 0.126 e. The van der Waals surface area contributed by atoms with Crippen LogP contribution < -0.4 is 0 Å². The van der Waals surface area contributed by atoms with Crippen LogP contribution in [0, 0.1) is 17.8 Å². The van der Waals surface area contributed by atoms with Crippen molar-refractivity contribution >= 4 is 35.6 Å². The molecular formula is C48H102P4. The van der Waals surface area contributed by atoms with Gasteiger partial charge in [-0.2, -0.15) is 0 Å². The third-order valence-electron chi connectivity index (χ3n) is 13.4. The van der Waals surface area contributed by atoms with Gasteiger partial charge < -0.3 is 0 Å². The first-order valence-corrected chi connectivity index (χ1v) is 27.4. The molecule has 0 nitrogen and oxygen atoms in total. The zero-order valence-corrected chi connectivity index (χ0v) is 42.1. The van der Waals surface area contributed by atoms with Gasteiger partial charge in [-0.1, -0.05) is 244 Å². The average molecular weight is 803 g/mol. The Balaban J connectivity index is 7.92. The molecule has 0 radical (unpaired) electrons. The Kier molecular flexibility index (Phi) is 34.8. The monoisotopic (exact) mass is 803 g/mol. The van der Waals surface area contributed by atoms with Gasteiger partial charge in [0.25, 0.3) is 0 Å².